The molecule has 14 heavy (non-hydrogen) atoms. The van der Waals surface area contributed by atoms with E-state index in [9.17, 15) is 4.39 Å². The Bertz CT molecular complexity index is 310. The molecule has 0 heterocycles. The largest absolute Gasteiger partial charge is 0.206 e. The number of hydrogen-bond acceptors (Lipinski definition) is 0. The fourth-order valence-corrected chi connectivity index (χ4v) is 1.83. The summed E-state index contributed by atoms with van der Waals surface area (Å²) in [5, 5.41) is 0. The van der Waals surface area contributed by atoms with Crippen molar-refractivity contribution >= 4 is 31.9 Å². The van der Waals surface area contributed by atoms with Crippen molar-refractivity contribution in [3.8, 4) is 0 Å². The van der Waals surface area contributed by atoms with Crippen molar-refractivity contribution in [2.24, 2.45) is 5.92 Å². The van der Waals surface area contributed by atoms with Crippen molar-refractivity contribution in [2.45, 2.75) is 25.1 Å². The van der Waals surface area contributed by atoms with Crippen LogP contribution in [0.1, 0.15) is 19.4 Å². The number of rotatable bonds is 3. The second-order valence-corrected chi connectivity index (χ2v) is 5.81. The molecule has 1 aromatic carbocycles. The summed E-state index contributed by atoms with van der Waals surface area (Å²) in [6, 6.07) is 5.18. The number of alkyl halides is 1. The Morgan fingerprint density at radius 2 is 2.00 bits per heavy atom. The van der Waals surface area contributed by atoms with E-state index >= 15 is 0 Å². The van der Waals surface area contributed by atoms with E-state index < -0.39 is 0 Å². The molecule has 1 aromatic rings. The zero-order valence-electron chi connectivity index (χ0n) is 8.23. The monoisotopic (exact) mass is 322 g/mol. The Labute approximate surface area is 101 Å². The maximum atomic E-state index is 13.2. The summed E-state index contributed by atoms with van der Waals surface area (Å²) in [6.45, 7) is 4.26. The Kier molecular flexibility index (Phi) is 4.58. The van der Waals surface area contributed by atoms with Crippen molar-refractivity contribution in [2.75, 3.05) is 0 Å². The maximum absolute atomic E-state index is 13.2. The number of hydrogen-bond donors (Lipinski definition) is 0. The fraction of sp³-hybridized carbons (Fsp3) is 0.455. The molecule has 2 unspecified atom stereocenters. The molecule has 0 saturated heterocycles. The van der Waals surface area contributed by atoms with Gasteiger partial charge in [-0.25, -0.2) is 4.39 Å². The summed E-state index contributed by atoms with van der Waals surface area (Å²) in [5.74, 6) is 0.310. The minimum absolute atomic E-state index is 0.183. The second-order valence-electron chi connectivity index (χ2n) is 3.57. The molecule has 0 spiro atoms. The van der Waals surface area contributed by atoms with Crippen LogP contribution in [-0.4, -0.2) is 4.83 Å². The van der Waals surface area contributed by atoms with Crippen LogP contribution >= 0.6 is 31.9 Å². The highest BCUT2D eigenvalue weighted by Gasteiger charge is 2.12. The zero-order valence-corrected chi connectivity index (χ0v) is 11.4. The molecule has 78 valence electrons. The van der Waals surface area contributed by atoms with Crippen LogP contribution in [0.25, 0.3) is 0 Å². The molecule has 1 rings (SSSR count). The van der Waals surface area contributed by atoms with Gasteiger partial charge in [0, 0.05) is 4.83 Å². The van der Waals surface area contributed by atoms with Crippen molar-refractivity contribution < 1.29 is 4.39 Å². The van der Waals surface area contributed by atoms with Gasteiger partial charge in [0.25, 0.3) is 0 Å². The molecular weight excluding hydrogens is 311 g/mol. The number of halogens is 3. The lowest BCUT2D eigenvalue weighted by Crippen LogP contribution is -2.10. The van der Waals surface area contributed by atoms with Crippen molar-refractivity contribution in [3.05, 3.63) is 34.1 Å². The molecule has 0 saturated carbocycles. The smallest absolute Gasteiger partial charge is 0.137 e. The molecule has 0 aliphatic carbocycles. The fourth-order valence-electron chi connectivity index (χ4n) is 1.22. The van der Waals surface area contributed by atoms with Crippen molar-refractivity contribution in [1.29, 1.82) is 0 Å². The molecule has 0 N–H and O–H groups in total. The molecule has 0 bridgehead atoms. The van der Waals surface area contributed by atoms with Crippen LogP contribution < -0.4 is 0 Å². The predicted molar refractivity (Wildman–Crippen MR) is 65.4 cm³/mol. The van der Waals surface area contributed by atoms with Gasteiger partial charge >= 0.3 is 0 Å². The van der Waals surface area contributed by atoms with Crippen LogP contribution in [0.2, 0.25) is 0 Å². The minimum atomic E-state index is -0.183. The first-order chi connectivity index (χ1) is 6.52. The molecule has 0 nitrogen and oxygen atoms in total. The van der Waals surface area contributed by atoms with Gasteiger partial charge in [-0.1, -0.05) is 41.9 Å². The van der Waals surface area contributed by atoms with Gasteiger partial charge in [0.05, 0.1) is 4.47 Å². The molecule has 0 radical (unpaired) electrons. The second kappa shape index (κ2) is 5.26. The normalized spacial score (nSPS) is 15.2. The van der Waals surface area contributed by atoms with Gasteiger partial charge in [0.15, 0.2) is 0 Å². The van der Waals surface area contributed by atoms with Gasteiger partial charge in [-0.15, -0.1) is 0 Å². The van der Waals surface area contributed by atoms with E-state index in [0.29, 0.717) is 15.2 Å². The SMILES string of the molecule is CC(Br)C(C)Cc1cccc(F)c1Br. The first kappa shape index (κ1) is 12.2. The van der Waals surface area contributed by atoms with E-state index in [1.165, 1.54) is 6.07 Å². The van der Waals surface area contributed by atoms with E-state index in [4.69, 9.17) is 0 Å². The topological polar surface area (TPSA) is 0 Å². The average molecular weight is 324 g/mol. The van der Waals surface area contributed by atoms with Crippen LogP contribution in [0.5, 0.6) is 0 Å². The number of benzene rings is 1. The van der Waals surface area contributed by atoms with E-state index in [0.717, 1.165) is 12.0 Å². The van der Waals surface area contributed by atoms with Crippen molar-refractivity contribution in [1.82, 2.24) is 0 Å². The molecule has 0 aromatic heterocycles. The molecular formula is C11H13Br2F. The molecule has 0 aliphatic heterocycles. The standard InChI is InChI=1S/C11H13Br2F/c1-7(8(2)12)6-9-4-3-5-10(14)11(9)13/h3-5,7-8H,6H2,1-2H3. The molecule has 2 atom stereocenters. The molecule has 0 aliphatic rings. The molecule has 0 fully saturated rings. The van der Waals surface area contributed by atoms with Crippen LogP contribution in [0.3, 0.4) is 0 Å². The summed E-state index contributed by atoms with van der Waals surface area (Å²) >= 11 is 6.80. The zero-order chi connectivity index (χ0) is 10.7. The lowest BCUT2D eigenvalue weighted by molar-refractivity contribution is 0.570. The maximum Gasteiger partial charge on any atom is 0.137 e. The van der Waals surface area contributed by atoms with Gasteiger partial charge in [-0.05, 0) is 39.9 Å². The summed E-state index contributed by atoms with van der Waals surface area (Å²) < 4.78 is 13.8. The summed E-state index contributed by atoms with van der Waals surface area (Å²) in [4.78, 5) is 0.442. The summed E-state index contributed by atoms with van der Waals surface area (Å²) in [5.41, 5.74) is 1.03. The lowest BCUT2D eigenvalue weighted by Gasteiger charge is -2.15. The van der Waals surface area contributed by atoms with Crippen LogP contribution in [0, 0.1) is 11.7 Å². The summed E-state index contributed by atoms with van der Waals surface area (Å²) in [6.07, 6.45) is 0.880. The third-order valence-electron chi connectivity index (χ3n) is 2.36. The van der Waals surface area contributed by atoms with E-state index in [2.05, 4.69) is 45.7 Å². The van der Waals surface area contributed by atoms with E-state index in [1.54, 1.807) is 6.07 Å². The van der Waals surface area contributed by atoms with Gasteiger partial charge in [-0.2, -0.15) is 0 Å². The highest BCUT2D eigenvalue weighted by molar-refractivity contribution is 9.10. The third-order valence-corrected chi connectivity index (χ3v) is 4.15. The molecule has 3 heteroatoms. The Balaban J connectivity index is 2.82. The van der Waals surface area contributed by atoms with Crippen molar-refractivity contribution in [3.63, 3.8) is 0 Å². The van der Waals surface area contributed by atoms with Gasteiger partial charge in [0.1, 0.15) is 5.82 Å². The first-order valence-electron chi connectivity index (χ1n) is 4.59. The first-order valence-corrected chi connectivity index (χ1v) is 6.30. The Morgan fingerprint density at radius 3 is 2.57 bits per heavy atom. The van der Waals surface area contributed by atoms with Crippen LogP contribution in [-0.2, 0) is 6.42 Å². The third kappa shape index (κ3) is 3.06. The predicted octanol–water partition coefficient (Wildman–Crippen LogP) is 4.55. The highest BCUT2D eigenvalue weighted by Crippen LogP contribution is 2.25. The Morgan fingerprint density at radius 1 is 1.36 bits per heavy atom. The van der Waals surface area contributed by atoms with Gasteiger partial charge in [0.2, 0.25) is 0 Å². The molecule has 0 amide bonds. The minimum Gasteiger partial charge on any atom is -0.206 e. The van der Waals surface area contributed by atoms with Gasteiger partial charge in [-0.3, -0.25) is 0 Å². The van der Waals surface area contributed by atoms with E-state index in [-0.39, 0.29) is 5.82 Å². The van der Waals surface area contributed by atoms with Gasteiger partial charge < -0.3 is 0 Å². The summed E-state index contributed by atoms with van der Waals surface area (Å²) in [7, 11) is 0. The lowest BCUT2D eigenvalue weighted by atomic mass is 9.99. The van der Waals surface area contributed by atoms with Crippen LogP contribution in [0.4, 0.5) is 4.39 Å². The van der Waals surface area contributed by atoms with Crippen LogP contribution in [0.15, 0.2) is 22.7 Å². The average Bonchev–Trinajstić information content (AvgIpc) is 2.12. The highest BCUT2D eigenvalue weighted by atomic mass is 79.9. The van der Waals surface area contributed by atoms with E-state index in [1.807, 2.05) is 6.07 Å². The Hall–Kier alpha value is 0.110. The quantitative estimate of drug-likeness (QED) is 0.716.